The van der Waals surface area contributed by atoms with Crippen LogP contribution in [0.1, 0.15) is 27.0 Å². The molecular weight excluding hydrogens is 624 g/mol. The molecule has 3 aromatic carbocycles. The molecule has 0 bridgehead atoms. The summed E-state index contributed by atoms with van der Waals surface area (Å²) >= 11 is 6.83. The predicted octanol–water partition coefficient (Wildman–Crippen LogP) is 5.47. The van der Waals surface area contributed by atoms with Gasteiger partial charge in [-0.2, -0.15) is 0 Å². The summed E-state index contributed by atoms with van der Waals surface area (Å²) in [6, 6.07) is 13.6. The lowest BCUT2D eigenvalue weighted by Crippen LogP contribution is -2.54. The first-order valence-corrected chi connectivity index (χ1v) is 12.7. The minimum Gasteiger partial charge on any atom is -0.493 e. The second-order valence-corrected chi connectivity index (χ2v) is 9.92. The molecule has 1 aliphatic rings. The lowest BCUT2D eigenvalue weighted by molar-refractivity contribution is -0.122. The lowest BCUT2D eigenvalue weighted by Gasteiger charge is -2.26. The van der Waals surface area contributed by atoms with E-state index in [1.807, 2.05) is 6.92 Å². The van der Waals surface area contributed by atoms with E-state index in [1.54, 1.807) is 42.5 Å². The molecular formula is C27H20Br2N2O7. The molecule has 0 atom stereocenters. The third-order valence-corrected chi connectivity index (χ3v) is 7.13. The van der Waals surface area contributed by atoms with Gasteiger partial charge in [-0.3, -0.25) is 14.9 Å². The molecule has 1 aliphatic heterocycles. The van der Waals surface area contributed by atoms with Crippen LogP contribution in [0.2, 0.25) is 0 Å². The van der Waals surface area contributed by atoms with Gasteiger partial charge in [-0.1, -0.05) is 28.1 Å². The molecule has 11 heteroatoms. The number of carboxylic acids is 1. The van der Waals surface area contributed by atoms with Gasteiger partial charge in [-0.05, 0) is 88.1 Å². The summed E-state index contributed by atoms with van der Waals surface area (Å²) in [5, 5.41) is 11.3. The highest BCUT2D eigenvalue weighted by Crippen LogP contribution is 2.38. The first-order valence-electron chi connectivity index (χ1n) is 11.1. The monoisotopic (exact) mass is 642 g/mol. The molecule has 1 saturated heterocycles. The third kappa shape index (κ3) is 5.63. The maximum atomic E-state index is 13.2. The van der Waals surface area contributed by atoms with Crippen LogP contribution in [0.15, 0.2) is 69.1 Å². The second kappa shape index (κ2) is 11.2. The van der Waals surface area contributed by atoms with E-state index in [9.17, 15) is 19.2 Å². The van der Waals surface area contributed by atoms with Crippen LogP contribution in [0.4, 0.5) is 10.5 Å². The molecule has 3 aromatic rings. The number of methoxy groups -OCH3 is 1. The van der Waals surface area contributed by atoms with Gasteiger partial charge in [-0.15, -0.1) is 0 Å². The number of carbonyl (C=O) groups excluding carboxylic acids is 3. The van der Waals surface area contributed by atoms with Gasteiger partial charge in [0.15, 0.2) is 11.5 Å². The highest BCUT2D eigenvalue weighted by molar-refractivity contribution is 9.10. The Hall–Kier alpha value is -3.96. The number of rotatable bonds is 7. The lowest BCUT2D eigenvalue weighted by atomic mass is 10.1. The molecule has 0 saturated carbocycles. The zero-order chi connectivity index (χ0) is 27.6. The fourth-order valence-corrected chi connectivity index (χ4v) is 4.51. The van der Waals surface area contributed by atoms with Crippen LogP contribution in [0.25, 0.3) is 6.08 Å². The molecule has 2 N–H and O–H groups in total. The van der Waals surface area contributed by atoms with E-state index in [0.717, 1.165) is 20.5 Å². The number of hydrogen-bond acceptors (Lipinski definition) is 6. The summed E-state index contributed by atoms with van der Waals surface area (Å²) in [5.74, 6) is -1.89. The number of anilines is 1. The Balaban J connectivity index is 1.61. The van der Waals surface area contributed by atoms with E-state index in [1.165, 1.54) is 25.3 Å². The van der Waals surface area contributed by atoms with Gasteiger partial charge in [0.1, 0.15) is 12.2 Å². The average Bonchev–Trinajstić information content (AvgIpc) is 2.87. The molecule has 194 valence electrons. The van der Waals surface area contributed by atoms with Crippen molar-refractivity contribution >= 4 is 67.4 Å². The zero-order valence-electron chi connectivity index (χ0n) is 20.1. The van der Waals surface area contributed by atoms with Crippen LogP contribution in [0.5, 0.6) is 11.5 Å². The van der Waals surface area contributed by atoms with Crippen LogP contribution >= 0.6 is 31.9 Å². The van der Waals surface area contributed by atoms with Gasteiger partial charge < -0.3 is 14.6 Å². The normalized spacial score (nSPS) is 14.5. The molecule has 38 heavy (non-hydrogen) atoms. The van der Waals surface area contributed by atoms with E-state index >= 15 is 0 Å². The van der Waals surface area contributed by atoms with Crippen molar-refractivity contribution in [3.8, 4) is 11.5 Å². The number of hydrogen-bond donors (Lipinski definition) is 2. The van der Waals surface area contributed by atoms with Crippen molar-refractivity contribution in [2.75, 3.05) is 12.0 Å². The summed E-state index contributed by atoms with van der Waals surface area (Å²) in [4.78, 5) is 50.3. The number of urea groups is 1. The van der Waals surface area contributed by atoms with E-state index in [2.05, 4.69) is 37.2 Å². The van der Waals surface area contributed by atoms with Crippen LogP contribution < -0.4 is 19.7 Å². The van der Waals surface area contributed by atoms with Gasteiger partial charge >= 0.3 is 12.0 Å². The number of barbiturate groups is 1. The standard InChI is InChI=1S/C27H20Br2N2O7/c1-14-9-18(7-8-20(14)28)31-25(33)19(24(32)30-27(31)36)10-16-11-21(29)23(22(12-16)37-2)38-13-15-3-5-17(6-4-15)26(34)35/h3-12H,13H2,1-2H3,(H,34,35)(H,30,32,36)/b19-10+. The van der Waals surface area contributed by atoms with Crippen molar-refractivity contribution in [2.45, 2.75) is 13.5 Å². The smallest absolute Gasteiger partial charge is 0.335 e. The number of nitrogens with one attached hydrogen (secondary N) is 1. The highest BCUT2D eigenvalue weighted by Gasteiger charge is 2.37. The van der Waals surface area contributed by atoms with Gasteiger partial charge in [-0.25, -0.2) is 14.5 Å². The molecule has 1 heterocycles. The minimum atomic E-state index is -1.02. The number of amides is 4. The SMILES string of the molecule is COc1cc(/C=C2\C(=O)NC(=O)N(c3ccc(Br)c(C)c3)C2=O)cc(Br)c1OCc1ccc(C(=O)O)cc1. The fraction of sp³-hybridized carbons (Fsp3) is 0.111. The number of carboxylic acid groups (broad SMARTS) is 1. The van der Waals surface area contributed by atoms with Crippen LogP contribution in [-0.4, -0.2) is 36.0 Å². The first-order chi connectivity index (χ1) is 18.1. The van der Waals surface area contributed by atoms with Crippen LogP contribution in [0, 0.1) is 6.92 Å². The largest absolute Gasteiger partial charge is 0.493 e. The predicted molar refractivity (Wildman–Crippen MR) is 146 cm³/mol. The van der Waals surface area contributed by atoms with Gasteiger partial charge in [0, 0.05) is 4.47 Å². The van der Waals surface area contributed by atoms with Gasteiger partial charge in [0.05, 0.1) is 22.8 Å². The summed E-state index contributed by atoms with van der Waals surface area (Å²) in [5.41, 5.74) is 2.27. The Morgan fingerprint density at radius 3 is 2.37 bits per heavy atom. The Labute approximate surface area is 234 Å². The average molecular weight is 644 g/mol. The van der Waals surface area contributed by atoms with Crippen molar-refractivity contribution in [3.05, 3.63) is 91.4 Å². The van der Waals surface area contributed by atoms with Crippen LogP contribution in [0.3, 0.4) is 0 Å². The Bertz CT molecular complexity index is 1500. The van der Waals surface area contributed by atoms with Crippen molar-refractivity contribution in [1.82, 2.24) is 5.32 Å². The van der Waals surface area contributed by atoms with Crippen molar-refractivity contribution < 1.29 is 33.8 Å². The number of aryl methyl sites for hydroxylation is 1. The quantitative estimate of drug-likeness (QED) is 0.259. The third-order valence-electron chi connectivity index (χ3n) is 5.65. The maximum Gasteiger partial charge on any atom is 0.335 e. The van der Waals surface area contributed by atoms with Crippen molar-refractivity contribution in [3.63, 3.8) is 0 Å². The Morgan fingerprint density at radius 2 is 1.74 bits per heavy atom. The fourth-order valence-electron chi connectivity index (χ4n) is 3.69. The molecule has 0 spiro atoms. The minimum absolute atomic E-state index is 0.139. The van der Waals surface area contributed by atoms with Crippen molar-refractivity contribution in [2.24, 2.45) is 0 Å². The van der Waals surface area contributed by atoms with Crippen LogP contribution in [-0.2, 0) is 16.2 Å². The van der Waals surface area contributed by atoms with Crippen molar-refractivity contribution in [1.29, 1.82) is 0 Å². The molecule has 0 aromatic heterocycles. The maximum absolute atomic E-state index is 13.2. The first kappa shape index (κ1) is 27.1. The Morgan fingerprint density at radius 1 is 1.03 bits per heavy atom. The number of nitrogens with zero attached hydrogens (tertiary/aromatic N) is 1. The van der Waals surface area contributed by atoms with E-state index < -0.39 is 23.8 Å². The summed E-state index contributed by atoms with van der Waals surface area (Å²) in [6.45, 7) is 1.96. The number of imide groups is 2. The van der Waals surface area contributed by atoms with Gasteiger partial charge in [0.2, 0.25) is 0 Å². The summed E-state index contributed by atoms with van der Waals surface area (Å²) in [6.07, 6.45) is 1.37. The molecule has 4 rings (SSSR count). The molecule has 0 unspecified atom stereocenters. The molecule has 4 amide bonds. The molecule has 9 nitrogen and oxygen atoms in total. The van der Waals surface area contributed by atoms with E-state index in [-0.39, 0.29) is 17.7 Å². The zero-order valence-corrected chi connectivity index (χ0v) is 23.3. The summed E-state index contributed by atoms with van der Waals surface area (Å²) < 4.78 is 12.7. The number of halogens is 2. The Kier molecular flexibility index (Phi) is 7.98. The molecule has 1 fully saturated rings. The number of ether oxygens (including phenoxy) is 2. The molecule has 0 radical (unpaired) electrons. The highest BCUT2D eigenvalue weighted by atomic mass is 79.9. The topological polar surface area (TPSA) is 122 Å². The number of aromatic carboxylic acids is 1. The van der Waals surface area contributed by atoms with Gasteiger partial charge in [0.25, 0.3) is 11.8 Å². The second-order valence-electron chi connectivity index (χ2n) is 8.22. The number of benzene rings is 3. The number of carbonyl (C=O) groups is 4. The summed E-state index contributed by atoms with van der Waals surface area (Å²) in [7, 11) is 1.45. The molecule has 0 aliphatic carbocycles. The van der Waals surface area contributed by atoms with E-state index in [4.69, 9.17) is 14.6 Å². The van der Waals surface area contributed by atoms with E-state index in [0.29, 0.717) is 27.2 Å².